The lowest BCUT2D eigenvalue weighted by Crippen LogP contribution is -2.16. The largest absolute Gasteiger partial charge is 0.320 e. The van der Waals surface area contributed by atoms with Gasteiger partial charge in [-0.05, 0) is 30.7 Å². The summed E-state index contributed by atoms with van der Waals surface area (Å²) < 4.78 is 53.5. The molecule has 5 heteroatoms. The van der Waals surface area contributed by atoms with Crippen LogP contribution in [0.15, 0.2) is 30.3 Å². The van der Waals surface area contributed by atoms with Crippen LogP contribution in [0.2, 0.25) is 0 Å². The second-order valence-corrected chi connectivity index (χ2v) is 4.27. The number of nitrogens with two attached hydrogens (primary N) is 1. The lowest BCUT2D eigenvalue weighted by Gasteiger charge is -2.15. The van der Waals surface area contributed by atoms with Crippen molar-refractivity contribution in [3.63, 3.8) is 0 Å². The summed E-state index contributed by atoms with van der Waals surface area (Å²) in [6, 6.07) is 3.50. The van der Waals surface area contributed by atoms with Gasteiger partial charge in [0.1, 0.15) is 23.3 Å². The van der Waals surface area contributed by atoms with Crippen molar-refractivity contribution in [3.05, 3.63) is 70.3 Å². The highest BCUT2D eigenvalue weighted by Crippen LogP contribution is 2.26. The van der Waals surface area contributed by atoms with Gasteiger partial charge in [-0.25, -0.2) is 17.6 Å². The van der Waals surface area contributed by atoms with E-state index in [2.05, 4.69) is 0 Å². The molecule has 2 aromatic rings. The molecule has 2 rings (SSSR count). The first-order chi connectivity index (χ1) is 8.90. The van der Waals surface area contributed by atoms with Crippen molar-refractivity contribution in [2.45, 2.75) is 13.0 Å². The first kappa shape index (κ1) is 13.5. The van der Waals surface area contributed by atoms with Crippen molar-refractivity contribution in [2.24, 2.45) is 5.73 Å². The van der Waals surface area contributed by atoms with Crippen molar-refractivity contribution in [1.82, 2.24) is 0 Å². The van der Waals surface area contributed by atoms with E-state index < -0.39 is 29.3 Å². The third kappa shape index (κ3) is 2.61. The number of halogens is 4. The maximum Gasteiger partial charge on any atom is 0.131 e. The number of hydrogen-bond donors (Lipinski definition) is 1. The molecule has 0 aliphatic rings. The van der Waals surface area contributed by atoms with E-state index in [9.17, 15) is 17.6 Å². The molecule has 2 aromatic carbocycles. The molecule has 0 bridgehead atoms. The molecule has 0 fully saturated rings. The molecule has 1 atom stereocenters. The second kappa shape index (κ2) is 5.01. The van der Waals surface area contributed by atoms with Gasteiger partial charge in [0.15, 0.2) is 0 Å². The van der Waals surface area contributed by atoms with Crippen molar-refractivity contribution in [2.75, 3.05) is 0 Å². The molecule has 0 aromatic heterocycles. The van der Waals surface area contributed by atoms with Gasteiger partial charge in [-0.3, -0.25) is 0 Å². The van der Waals surface area contributed by atoms with Gasteiger partial charge in [-0.2, -0.15) is 0 Å². The molecule has 0 saturated heterocycles. The minimum Gasteiger partial charge on any atom is -0.320 e. The van der Waals surface area contributed by atoms with Gasteiger partial charge in [0, 0.05) is 17.2 Å². The van der Waals surface area contributed by atoms with Gasteiger partial charge in [0.25, 0.3) is 0 Å². The van der Waals surface area contributed by atoms with Gasteiger partial charge in [0.2, 0.25) is 0 Å². The molecule has 0 aliphatic heterocycles. The first-order valence-electron chi connectivity index (χ1n) is 5.56. The third-order valence-electron chi connectivity index (χ3n) is 2.91. The van der Waals surface area contributed by atoms with Crippen LogP contribution in [-0.2, 0) is 0 Å². The summed E-state index contributed by atoms with van der Waals surface area (Å²) in [6.07, 6.45) is 0. The molecule has 19 heavy (non-hydrogen) atoms. The summed E-state index contributed by atoms with van der Waals surface area (Å²) in [5.74, 6) is -3.01. The minimum atomic E-state index is -1.20. The molecule has 1 unspecified atom stereocenters. The van der Waals surface area contributed by atoms with Gasteiger partial charge >= 0.3 is 0 Å². The Hall–Kier alpha value is -1.88. The third-order valence-corrected chi connectivity index (χ3v) is 2.91. The summed E-state index contributed by atoms with van der Waals surface area (Å²) >= 11 is 0. The summed E-state index contributed by atoms with van der Waals surface area (Å²) in [4.78, 5) is 0. The number of rotatable bonds is 2. The first-order valence-corrected chi connectivity index (χ1v) is 5.56. The Kier molecular flexibility index (Phi) is 3.57. The van der Waals surface area contributed by atoms with Crippen LogP contribution in [0.4, 0.5) is 17.6 Å². The quantitative estimate of drug-likeness (QED) is 0.828. The summed E-state index contributed by atoms with van der Waals surface area (Å²) in [7, 11) is 0. The van der Waals surface area contributed by atoms with Gasteiger partial charge in [-0.15, -0.1) is 0 Å². The van der Waals surface area contributed by atoms with Crippen LogP contribution in [0.5, 0.6) is 0 Å². The number of hydrogen-bond acceptors (Lipinski definition) is 1. The van der Waals surface area contributed by atoms with Gasteiger partial charge in [-0.1, -0.05) is 6.07 Å². The fourth-order valence-corrected chi connectivity index (χ4v) is 1.82. The Labute approximate surface area is 107 Å². The molecule has 1 nitrogen and oxygen atoms in total. The van der Waals surface area contributed by atoms with Crippen molar-refractivity contribution >= 4 is 0 Å². The van der Waals surface area contributed by atoms with Crippen LogP contribution in [0.3, 0.4) is 0 Å². The Morgan fingerprint density at radius 1 is 0.842 bits per heavy atom. The number of aryl methyl sites for hydroxylation is 1. The molecule has 0 saturated carbocycles. The summed E-state index contributed by atoms with van der Waals surface area (Å²) in [6.45, 7) is 1.41. The maximum atomic E-state index is 13.7. The van der Waals surface area contributed by atoms with Gasteiger partial charge < -0.3 is 5.73 Å². The standard InChI is InChI=1S/C14H11F4N/c1-7-4-12(17)10(6-11(7)16)14(19)9-3-2-8(15)5-13(9)18/h2-6,14H,19H2,1H3. The zero-order valence-corrected chi connectivity index (χ0v) is 10.1. The number of benzene rings is 2. The molecule has 0 spiro atoms. The summed E-state index contributed by atoms with van der Waals surface area (Å²) in [5.41, 5.74) is 5.58. The van der Waals surface area contributed by atoms with Crippen LogP contribution in [0, 0.1) is 30.2 Å². The van der Waals surface area contributed by atoms with Crippen LogP contribution < -0.4 is 5.73 Å². The highest BCUT2D eigenvalue weighted by Gasteiger charge is 2.19. The Balaban J connectivity index is 2.49. The van der Waals surface area contributed by atoms with E-state index in [1.165, 1.54) is 6.92 Å². The molecular weight excluding hydrogens is 258 g/mol. The topological polar surface area (TPSA) is 26.0 Å². The molecule has 0 heterocycles. The highest BCUT2D eigenvalue weighted by atomic mass is 19.1. The predicted molar refractivity (Wildman–Crippen MR) is 63.5 cm³/mol. The maximum absolute atomic E-state index is 13.7. The smallest absolute Gasteiger partial charge is 0.131 e. The molecule has 100 valence electrons. The van der Waals surface area contributed by atoms with Crippen molar-refractivity contribution < 1.29 is 17.6 Å². The monoisotopic (exact) mass is 269 g/mol. The molecule has 0 aliphatic carbocycles. The molecule has 0 amide bonds. The van der Waals surface area contributed by atoms with Crippen LogP contribution in [-0.4, -0.2) is 0 Å². The van der Waals surface area contributed by atoms with E-state index in [0.717, 1.165) is 24.3 Å². The van der Waals surface area contributed by atoms with Crippen molar-refractivity contribution in [1.29, 1.82) is 0 Å². The van der Waals surface area contributed by atoms with E-state index in [1.54, 1.807) is 0 Å². The lowest BCUT2D eigenvalue weighted by atomic mass is 9.97. The van der Waals surface area contributed by atoms with E-state index in [1.807, 2.05) is 0 Å². The van der Waals surface area contributed by atoms with Crippen LogP contribution in [0.1, 0.15) is 22.7 Å². The predicted octanol–water partition coefficient (Wildman–Crippen LogP) is 3.60. The van der Waals surface area contributed by atoms with E-state index in [-0.39, 0.29) is 16.7 Å². The average molecular weight is 269 g/mol. The Bertz CT molecular complexity index is 625. The molecule has 0 radical (unpaired) electrons. The zero-order chi connectivity index (χ0) is 14.2. The zero-order valence-electron chi connectivity index (χ0n) is 10.1. The normalized spacial score (nSPS) is 12.5. The lowest BCUT2D eigenvalue weighted by molar-refractivity contribution is 0.548. The fourth-order valence-electron chi connectivity index (χ4n) is 1.82. The Morgan fingerprint density at radius 2 is 1.47 bits per heavy atom. The molecular formula is C14H11F4N. The van der Waals surface area contributed by atoms with E-state index >= 15 is 0 Å². The fraction of sp³-hybridized carbons (Fsp3) is 0.143. The van der Waals surface area contributed by atoms with Crippen LogP contribution >= 0.6 is 0 Å². The highest BCUT2D eigenvalue weighted by molar-refractivity contribution is 5.35. The Morgan fingerprint density at radius 3 is 2.11 bits per heavy atom. The molecule has 2 N–H and O–H groups in total. The second-order valence-electron chi connectivity index (χ2n) is 4.27. The van der Waals surface area contributed by atoms with Crippen LogP contribution in [0.25, 0.3) is 0 Å². The van der Waals surface area contributed by atoms with Crippen molar-refractivity contribution in [3.8, 4) is 0 Å². The van der Waals surface area contributed by atoms with E-state index in [0.29, 0.717) is 6.07 Å². The van der Waals surface area contributed by atoms with E-state index in [4.69, 9.17) is 5.73 Å². The summed E-state index contributed by atoms with van der Waals surface area (Å²) in [5, 5.41) is 0. The SMILES string of the molecule is Cc1cc(F)c(C(N)c2ccc(F)cc2F)cc1F. The average Bonchev–Trinajstić information content (AvgIpc) is 2.33. The van der Waals surface area contributed by atoms with Gasteiger partial charge in [0.05, 0.1) is 6.04 Å². The minimum absolute atomic E-state index is 0.0939.